The average Bonchev–Trinajstić information content (AvgIpc) is 1.61. The Bertz CT molecular complexity index is 4670. The van der Waals surface area contributed by atoms with Crippen LogP contribution in [0.1, 0.15) is 97.2 Å². The molecule has 0 bridgehead atoms. The number of hydrogen-bond donors (Lipinski definition) is 0. The van der Waals surface area contributed by atoms with Crippen LogP contribution in [-0.4, -0.2) is 16.1 Å². The molecule has 0 aliphatic heterocycles. The summed E-state index contributed by atoms with van der Waals surface area (Å²) in [7, 11) is -2.95. The maximum Gasteiger partial charge on any atom is 0.0775 e. The first-order valence-corrected chi connectivity index (χ1v) is 39.6. The maximum absolute atomic E-state index is 2.45. The van der Waals surface area contributed by atoms with Gasteiger partial charge in [-0.25, -0.2) is 0 Å². The second kappa shape index (κ2) is 21.4. The molecule has 0 fully saturated rings. The van der Waals surface area contributed by atoms with Crippen molar-refractivity contribution in [2.24, 2.45) is 0 Å². The summed E-state index contributed by atoms with van der Waals surface area (Å²) in [6.07, 6.45) is 9.23. The van der Waals surface area contributed by atoms with Crippen LogP contribution in [0.2, 0.25) is 39.3 Å². The number of benzene rings is 12. The van der Waals surface area contributed by atoms with E-state index in [0.717, 1.165) is 11.4 Å². The summed E-state index contributed by atoms with van der Waals surface area (Å²) in [4.78, 5) is 4.89. The summed E-state index contributed by atoms with van der Waals surface area (Å²) in [5, 5.41) is 7.91. The van der Waals surface area contributed by atoms with Gasteiger partial charge in [0, 0.05) is 50.4 Å². The van der Waals surface area contributed by atoms with E-state index < -0.39 is 16.1 Å². The smallest absolute Gasteiger partial charge is 0.0775 e. The lowest BCUT2D eigenvalue weighted by Gasteiger charge is -2.29. The highest BCUT2D eigenvalue weighted by Gasteiger charge is 2.39. The summed E-state index contributed by atoms with van der Waals surface area (Å²) in [6.45, 7) is 28.9. The van der Waals surface area contributed by atoms with Gasteiger partial charge in [0.15, 0.2) is 0 Å². The molecule has 12 aromatic carbocycles. The first kappa shape index (κ1) is 58.1. The lowest BCUT2D eigenvalue weighted by atomic mass is 9.81. The zero-order valence-corrected chi connectivity index (χ0v) is 56.8. The van der Waals surface area contributed by atoms with Crippen LogP contribution in [0.4, 0.5) is 34.1 Å². The van der Waals surface area contributed by atoms with E-state index in [1.54, 1.807) is 0 Å². The molecule has 0 atom stereocenters. The van der Waals surface area contributed by atoms with E-state index >= 15 is 0 Å². The predicted octanol–water partition coefficient (Wildman–Crippen LogP) is 23.3. The molecule has 0 amide bonds. The number of hydrogen-bond acceptors (Lipinski definition) is 2. The van der Waals surface area contributed by atoms with Gasteiger partial charge in [0.05, 0.1) is 16.1 Å². The van der Waals surface area contributed by atoms with Gasteiger partial charge in [0.1, 0.15) is 0 Å². The van der Waals surface area contributed by atoms with Gasteiger partial charge in [-0.3, -0.25) is 0 Å². The third-order valence-corrected chi connectivity index (χ3v) is 24.6. The van der Waals surface area contributed by atoms with Crippen molar-refractivity contribution in [1.29, 1.82) is 0 Å². The van der Waals surface area contributed by atoms with Gasteiger partial charge in [0.2, 0.25) is 0 Å². The molecular formula is C87H80N2Si2. The number of nitrogens with zero attached hydrogens (tertiary/aromatic N) is 2. The zero-order valence-electron chi connectivity index (χ0n) is 54.8. The van der Waals surface area contributed by atoms with E-state index in [1.165, 1.54) is 144 Å². The fourth-order valence-electron chi connectivity index (χ4n) is 15.1. The van der Waals surface area contributed by atoms with Crippen LogP contribution in [0.25, 0.3) is 79.2 Å². The summed E-state index contributed by atoms with van der Waals surface area (Å²) in [5.74, 6) is 0. The zero-order chi connectivity index (χ0) is 62.9. The van der Waals surface area contributed by atoms with Crippen molar-refractivity contribution in [1.82, 2.24) is 0 Å². The minimum Gasteiger partial charge on any atom is -0.310 e. The molecule has 0 saturated heterocycles. The quantitative estimate of drug-likeness (QED) is 0.0889. The molecule has 15 rings (SSSR count). The van der Waals surface area contributed by atoms with Gasteiger partial charge in [-0.1, -0.05) is 285 Å². The Balaban J connectivity index is 0.665. The lowest BCUT2D eigenvalue weighted by molar-refractivity contribution is 0.660. The molecular weight excluding hydrogens is 1130 g/mol. The molecule has 0 spiro atoms. The van der Waals surface area contributed by atoms with Crippen molar-refractivity contribution in [2.45, 2.75) is 97.1 Å². The van der Waals surface area contributed by atoms with Gasteiger partial charge in [0.25, 0.3) is 0 Å². The number of rotatable bonds is 12. The first-order chi connectivity index (χ1) is 43.6. The Hall–Kier alpha value is -9.33. The minimum absolute atomic E-state index is 0.161. The Morgan fingerprint density at radius 1 is 0.242 bits per heavy atom. The van der Waals surface area contributed by atoms with Crippen LogP contribution in [0.3, 0.4) is 0 Å². The van der Waals surface area contributed by atoms with Gasteiger partial charge >= 0.3 is 0 Å². The predicted molar refractivity (Wildman–Crippen MR) is 400 cm³/mol. The third kappa shape index (κ3) is 10.1. The van der Waals surface area contributed by atoms with Crippen LogP contribution in [0.15, 0.2) is 243 Å². The molecule has 446 valence electrons. The van der Waals surface area contributed by atoms with Crippen LogP contribution in [0, 0.1) is 0 Å². The summed E-state index contributed by atoms with van der Waals surface area (Å²) in [6, 6.07) is 92.4. The molecule has 0 N–H and O–H groups in total. The van der Waals surface area contributed by atoms with Gasteiger partial charge in [-0.05, 0) is 183 Å². The molecule has 0 aromatic heterocycles. The van der Waals surface area contributed by atoms with E-state index in [-0.39, 0.29) is 16.2 Å². The average molecular weight is 1210 g/mol. The minimum atomic E-state index is -1.48. The van der Waals surface area contributed by atoms with Crippen molar-refractivity contribution in [3.63, 3.8) is 0 Å². The Morgan fingerprint density at radius 2 is 0.484 bits per heavy atom. The van der Waals surface area contributed by atoms with Crippen LogP contribution < -0.4 is 20.2 Å². The van der Waals surface area contributed by atoms with Crippen LogP contribution in [-0.2, 0) is 16.2 Å². The topological polar surface area (TPSA) is 6.48 Å². The van der Waals surface area contributed by atoms with Crippen molar-refractivity contribution in [3.05, 3.63) is 298 Å². The molecule has 0 saturated carbocycles. The number of fused-ring (bicyclic) bond motifs is 11. The molecule has 12 aromatic rings. The molecule has 0 heterocycles. The Kier molecular flexibility index (Phi) is 13.7. The SMILES string of the molecule is CC1(C)c2cc(C=Cc3ccc4c(c3)C(C)(C)c3cc(N(c5ccc([Si](C)(C)C)cc5)c5ccc6ccccc6c5)ccc3-4)ccc2-c2ccc(C=Cc3ccc4c(c3)C(C)(C)c3cc(N(c5ccc([Si](C)(C)C)cc5)c5ccc6ccccc6c5)ccc3-4)cc21. The van der Waals surface area contributed by atoms with Crippen LogP contribution >= 0.6 is 0 Å². The van der Waals surface area contributed by atoms with E-state index in [4.69, 9.17) is 0 Å². The van der Waals surface area contributed by atoms with Gasteiger partial charge < -0.3 is 9.80 Å². The molecule has 4 heteroatoms. The van der Waals surface area contributed by atoms with E-state index in [0.29, 0.717) is 0 Å². The molecule has 0 unspecified atom stereocenters. The van der Waals surface area contributed by atoms with E-state index in [2.05, 4.69) is 358 Å². The van der Waals surface area contributed by atoms with E-state index in [1.807, 2.05) is 0 Å². The van der Waals surface area contributed by atoms with Crippen molar-refractivity contribution < 1.29 is 0 Å². The maximum atomic E-state index is 2.45. The highest BCUT2D eigenvalue weighted by Crippen LogP contribution is 2.54. The Morgan fingerprint density at radius 3 is 0.780 bits per heavy atom. The number of anilines is 6. The fraction of sp³-hybridized carbons (Fsp3) is 0.172. The first-order valence-electron chi connectivity index (χ1n) is 32.6. The summed E-state index contributed by atoms with van der Waals surface area (Å²) in [5.41, 5.74) is 27.5. The van der Waals surface area contributed by atoms with Crippen molar-refractivity contribution in [3.8, 4) is 33.4 Å². The standard InChI is InChI=1S/C87H80N2Si2/c1-85(2)79-49-57(21-23-59-27-45-75-77-47-37-69(55-83(77)86(3,4)81(75)51-59)88(65-33-39-71(40-34-65)90(7,8)9)67-31-29-61-17-13-15-19-63(61)53-67)25-43-73(79)74-44-26-58(50-80(74)85)22-24-60-28-46-76-78-48-38-70(56-84(78)87(5,6)82(76)52-60)89(66-35-41-72(42-36-66)91(10,11)12)68-32-30-62-18-14-16-20-64(62)54-68/h13-56H,1-12H3. The molecule has 3 aliphatic carbocycles. The van der Waals surface area contributed by atoms with E-state index in [9.17, 15) is 0 Å². The summed E-state index contributed by atoms with van der Waals surface area (Å²) >= 11 is 0. The fourth-order valence-corrected chi connectivity index (χ4v) is 17.4. The lowest BCUT2D eigenvalue weighted by Crippen LogP contribution is -2.37. The van der Waals surface area contributed by atoms with Gasteiger partial charge in [-0.2, -0.15) is 0 Å². The molecule has 2 nitrogen and oxygen atoms in total. The molecule has 91 heavy (non-hydrogen) atoms. The molecule has 3 aliphatic rings. The second-order valence-corrected chi connectivity index (χ2v) is 39.7. The van der Waals surface area contributed by atoms with Crippen molar-refractivity contribution >= 4 is 106 Å². The molecule has 0 radical (unpaired) electrons. The normalized spacial score (nSPS) is 14.8. The highest BCUT2D eigenvalue weighted by atomic mass is 28.3. The monoisotopic (exact) mass is 1210 g/mol. The second-order valence-electron chi connectivity index (χ2n) is 29.5. The van der Waals surface area contributed by atoms with Gasteiger partial charge in [-0.15, -0.1) is 0 Å². The highest BCUT2D eigenvalue weighted by molar-refractivity contribution is 6.89. The largest absolute Gasteiger partial charge is 0.310 e. The summed E-state index contributed by atoms with van der Waals surface area (Å²) < 4.78 is 0. The van der Waals surface area contributed by atoms with Crippen molar-refractivity contribution in [2.75, 3.05) is 9.80 Å². The Labute approximate surface area is 541 Å². The van der Waals surface area contributed by atoms with Crippen LogP contribution in [0.5, 0.6) is 0 Å². The third-order valence-electron chi connectivity index (χ3n) is 20.5.